The van der Waals surface area contributed by atoms with E-state index in [4.69, 9.17) is 4.74 Å². The van der Waals surface area contributed by atoms with Crippen LogP contribution in [0.5, 0.6) is 0 Å². The third-order valence-electron chi connectivity index (χ3n) is 4.86. The van der Waals surface area contributed by atoms with Crippen molar-refractivity contribution in [2.75, 3.05) is 23.8 Å². The molecule has 144 valence electrons. The molecule has 1 aromatic heterocycles. The van der Waals surface area contributed by atoms with Gasteiger partial charge >= 0.3 is 5.97 Å². The second-order valence-corrected chi connectivity index (χ2v) is 7.24. The van der Waals surface area contributed by atoms with Crippen LogP contribution in [0.1, 0.15) is 23.2 Å². The van der Waals surface area contributed by atoms with E-state index in [9.17, 15) is 9.90 Å². The van der Waals surface area contributed by atoms with Crippen molar-refractivity contribution in [1.82, 2.24) is 4.98 Å². The molecule has 1 aliphatic heterocycles. The molecule has 4 rings (SSSR count). The first kappa shape index (κ1) is 18.6. The lowest BCUT2D eigenvalue weighted by molar-refractivity contribution is 0.0698. The number of carboxylic acids is 1. The number of carboxylic acid groups (broad SMARTS) is 1. The molecule has 2 aromatic carbocycles. The zero-order valence-corrected chi connectivity index (χ0v) is 16.1. The number of aromatic carboxylic acids is 1. The molecule has 1 fully saturated rings. The fourth-order valence-electron chi connectivity index (χ4n) is 3.39. The van der Waals surface area contributed by atoms with Crippen molar-refractivity contribution in [3.05, 3.63) is 54.2 Å². The Morgan fingerprint density at radius 2 is 1.96 bits per heavy atom. The fraction of sp³-hybridized carbons (Fsp3) is 0.238. The lowest BCUT2D eigenvalue weighted by Crippen LogP contribution is -2.27. The zero-order valence-electron chi connectivity index (χ0n) is 15.2. The van der Waals surface area contributed by atoms with Gasteiger partial charge in [0.15, 0.2) is 0 Å². The highest BCUT2D eigenvalue weighted by atomic mass is 32.1. The zero-order chi connectivity index (χ0) is 19.5. The third kappa shape index (κ3) is 3.90. The quantitative estimate of drug-likeness (QED) is 0.474. The summed E-state index contributed by atoms with van der Waals surface area (Å²) in [5.41, 5.74) is 3.26. The number of pyridine rings is 1. The molecule has 28 heavy (non-hydrogen) atoms. The van der Waals surface area contributed by atoms with Crippen LogP contribution in [0, 0.1) is 0 Å². The highest BCUT2D eigenvalue weighted by Gasteiger charge is 2.16. The summed E-state index contributed by atoms with van der Waals surface area (Å²) in [6.07, 6.45) is 3.61. The Balaban J connectivity index is 1.71. The SMILES string of the molecule is O=C(O)c1ccccc1Nc1c(S)cnc2ccc(NC3CCOCC3)cc12. The van der Waals surface area contributed by atoms with Crippen molar-refractivity contribution < 1.29 is 14.6 Å². The number of thiol groups is 1. The smallest absolute Gasteiger partial charge is 0.337 e. The summed E-state index contributed by atoms with van der Waals surface area (Å²) in [6, 6.07) is 13.2. The Morgan fingerprint density at radius 3 is 2.75 bits per heavy atom. The van der Waals surface area contributed by atoms with E-state index in [-0.39, 0.29) is 5.56 Å². The van der Waals surface area contributed by atoms with E-state index in [1.54, 1.807) is 30.5 Å². The van der Waals surface area contributed by atoms with Crippen LogP contribution >= 0.6 is 12.6 Å². The first-order valence-corrected chi connectivity index (χ1v) is 9.62. The summed E-state index contributed by atoms with van der Waals surface area (Å²) in [6.45, 7) is 1.54. The number of rotatable bonds is 5. The van der Waals surface area contributed by atoms with Gasteiger partial charge in [0.1, 0.15) is 0 Å². The van der Waals surface area contributed by atoms with Crippen LogP contribution in [0.4, 0.5) is 17.1 Å². The van der Waals surface area contributed by atoms with Gasteiger partial charge in [0.25, 0.3) is 0 Å². The van der Waals surface area contributed by atoms with E-state index in [1.165, 1.54) is 0 Å². The van der Waals surface area contributed by atoms with E-state index in [1.807, 2.05) is 18.2 Å². The van der Waals surface area contributed by atoms with Crippen LogP contribution in [0.3, 0.4) is 0 Å². The van der Waals surface area contributed by atoms with Gasteiger partial charge in [0.05, 0.1) is 22.5 Å². The largest absolute Gasteiger partial charge is 0.478 e. The Morgan fingerprint density at radius 1 is 1.18 bits per heavy atom. The van der Waals surface area contributed by atoms with Crippen LogP contribution in [0.25, 0.3) is 10.9 Å². The molecule has 6 nitrogen and oxygen atoms in total. The highest BCUT2D eigenvalue weighted by molar-refractivity contribution is 7.80. The number of para-hydroxylation sites is 1. The average Bonchev–Trinajstić information content (AvgIpc) is 2.71. The van der Waals surface area contributed by atoms with E-state index >= 15 is 0 Å². The molecule has 1 saturated heterocycles. The predicted octanol–water partition coefficient (Wildman–Crippen LogP) is 4.56. The number of hydrogen-bond acceptors (Lipinski definition) is 6. The minimum absolute atomic E-state index is 0.205. The molecule has 0 aliphatic carbocycles. The van der Waals surface area contributed by atoms with Crippen molar-refractivity contribution in [2.45, 2.75) is 23.8 Å². The molecule has 0 saturated carbocycles. The van der Waals surface area contributed by atoms with Crippen molar-refractivity contribution in [2.24, 2.45) is 0 Å². The third-order valence-corrected chi connectivity index (χ3v) is 5.20. The lowest BCUT2D eigenvalue weighted by atomic mass is 10.1. The monoisotopic (exact) mass is 395 g/mol. The maximum absolute atomic E-state index is 11.5. The second-order valence-electron chi connectivity index (χ2n) is 6.76. The van der Waals surface area contributed by atoms with Crippen LogP contribution in [-0.2, 0) is 4.74 Å². The predicted molar refractivity (Wildman–Crippen MR) is 113 cm³/mol. The number of carbonyl (C=O) groups is 1. The second kappa shape index (κ2) is 8.08. The standard InChI is InChI=1S/C21H21N3O3S/c25-21(26)15-3-1-2-4-18(15)24-20-16-11-14(23-13-7-9-27-10-8-13)5-6-17(16)22-12-19(20)28/h1-6,11-13,23,28H,7-10H2,(H,22,24)(H,25,26). The summed E-state index contributed by atoms with van der Waals surface area (Å²) in [4.78, 5) is 16.6. The lowest BCUT2D eigenvalue weighted by Gasteiger charge is -2.24. The molecular formula is C21H21N3O3S. The molecule has 0 bridgehead atoms. The molecule has 0 radical (unpaired) electrons. The number of ether oxygens (including phenoxy) is 1. The van der Waals surface area contributed by atoms with Gasteiger partial charge in [0.2, 0.25) is 0 Å². The van der Waals surface area contributed by atoms with Gasteiger partial charge in [-0.2, -0.15) is 0 Å². The molecule has 1 aliphatic rings. The maximum atomic E-state index is 11.5. The van der Waals surface area contributed by atoms with Gasteiger partial charge < -0.3 is 20.5 Å². The number of hydrogen-bond donors (Lipinski definition) is 4. The summed E-state index contributed by atoms with van der Waals surface area (Å²) < 4.78 is 5.42. The average molecular weight is 395 g/mol. The molecule has 0 unspecified atom stereocenters. The van der Waals surface area contributed by atoms with Gasteiger partial charge in [-0.1, -0.05) is 12.1 Å². The van der Waals surface area contributed by atoms with Gasteiger partial charge in [-0.25, -0.2) is 4.79 Å². The van der Waals surface area contributed by atoms with Crippen LogP contribution < -0.4 is 10.6 Å². The number of nitrogens with zero attached hydrogens (tertiary/aromatic N) is 1. The maximum Gasteiger partial charge on any atom is 0.337 e. The van der Waals surface area contributed by atoms with Crippen molar-refractivity contribution in [1.29, 1.82) is 0 Å². The first-order valence-electron chi connectivity index (χ1n) is 9.17. The van der Waals surface area contributed by atoms with Gasteiger partial charge in [-0.3, -0.25) is 4.98 Å². The van der Waals surface area contributed by atoms with Crippen LogP contribution in [0.2, 0.25) is 0 Å². The molecule has 0 atom stereocenters. The van der Waals surface area contributed by atoms with E-state index in [0.717, 1.165) is 48.3 Å². The van der Waals surface area contributed by atoms with Gasteiger partial charge in [-0.15, -0.1) is 12.6 Å². The number of aromatic nitrogens is 1. The minimum Gasteiger partial charge on any atom is -0.478 e. The molecule has 0 amide bonds. The van der Waals surface area contributed by atoms with E-state index in [2.05, 4.69) is 28.2 Å². The Kier molecular flexibility index (Phi) is 5.36. The van der Waals surface area contributed by atoms with Crippen molar-refractivity contribution >= 4 is 46.6 Å². The number of nitrogens with one attached hydrogen (secondary N) is 2. The summed E-state index contributed by atoms with van der Waals surface area (Å²) in [5, 5.41) is 17.1. The topological polar surface area (TPSA) is 83.5 Å². The normalized spacial score (nSPS) is 14.8. The Labute approximate surface area is 168 Å². The number of fused-ring (bicyclic) bond motifs is 1. The molecular weight excluding hydrogens is 374 g/mol. The molecule has 3 aromatic rings. The van der Waals surface area contributed by atoms with Crippen molar-refractivity contribution in [3.63, 3.8) is 0 Å². The van der Waals surface area contributed by atoms with Crippen molar-refractivity contribution in [3.8, 4) is 0 Å². The molecule has 3 N–H and O–H groups in total. The highest BCUT2D eigenvalue weighted by Crippen LogP contribution is 2.34. The van der Waals surface area contributed by atoms with E-state index < -0.39 is 5.97 Å². The molecule has 2 heterocycles. The first-order chi connectivity index (χ1) is 13.6. The summed E-state index contributed by atoms with van der Waals surface area (Å²) in [7, 11) is 0. The molecule has 0 spiro atoms. The van der Waals surface area contributed by atoms with Crippen LogP contribution in [-0.4, -0.2) is 35.3 Å². The van der Waals surface area contributed by atoms with Gasteiger partial charge in [-0.05, 0) is 43.2 Å². The molecule has 7 heteroatoms. The minimum atomic E-state index is -0.982. The van der Waals surface area contributed by atoms with Crippen LogP contribution in [0.15, 0.2) is 53.6 Å². The summed E-state index contributed by atoms with van der Waals surface area (Å²) >= 11 is 4.55. The Bertz CT molecular complexity index is 1020. The van der Waals surface area contributed by atoms with Gasteiger partial charge in [0, 0.05) is 41.4 Å². The fourth-order valence-corrected chi connectivity index (χ4v) is 3.63. The van der Waals surface area contributed by atoms with E-state index in [0.29, 0.717) is 16.6 Å². The summed E-state index contributed by atoms with van der Waals surface area (Å²) in [5.74, 6) is -0.982. The number of benzene rings is 2. The Hall–Kier alpha value is -2.77. The number of anilines is 3.